The van der Waals surface area contributed by atoms with Gasteiger partial charge in [0.1, 0.15) is 11.9 Å². The van der Waals surface area contributed by atoms with Crippen LogP contribution in [0, 0.1) is 29.6 Å². The molecule has 3 fully saturated rings. The molecule has 164 valence electrons. The standard InChI is InChI=1S/C27H22N2O4/c1-32-18-10-7-15(8-11-18)24-23-19-13-20(25(23)33-28-24)22-21(19)26(30)29(27(22)31)17-9-6-14-4-2-3-5-16(14)12-17/h2-12,19-23,25H,13H2,1H3/t19-,20+,21-,22+,23+,25+/m1/s1. The smallest absolute Gasteiger partial charge is 0.238 e. The zero-order valence-electron chi connectivity index (χ0n) is 18.0. The Labute approximate surface area is 190 Å². The molecule has 2 heterocycles. The second kappa shape index (κ2) is 6.67. The van der Waals surface area contributed by atoms with Crippen LogP contribution in [0.5, 0.6) is 5.75 Å². The molecule has 2 saturated carbocycles. The molecule has 6 atom stereocenters. The summed E-state index contributed by atoms with van der Waals surface area (Å²) in [5, 5.41) is 6.52. The van der Waals surface area contributed by atoms with E-state index >= 15 is 0 Å². The summed E-state index contributed by atoms with van der Waals surface area (Å²) in [6.07, 6.45) is 0.699. The molecule has 33 heavy (non-hydrogen) atoms. The third-order valence-electron chi connectivity index (χ3n) is 8.07. The number of anilines is 1. The summed E-state index contributed by atoms with van der Waals surface area (Å²) in [7, 11) is 1.64. The van der Waals surface area contributed by atoms with E-state index in [2.05, 4.69) is 5.16 Å². The van der Waals surface area contributed by atoms with Crippen molar-refractivity contribution in [1.82, 2.24) is 0 Å². The number of ether oxygens (including phenoxy) is 1. The van der Waals surface area contributed by atoms with Crippen molar-refractivity contribution in [2.45, 2.75) is 12.5 Å². The Hall–Kier alpha value is -3.67. The first kappa shape index (κ1) is 18.9. The number of rotatable bonds is 3. The highest BCUT2D eigenvalue weighted by molar-refractivity contribution is 6.23. The second-order valence-corrected chi connectivity index (χ2v) is 9.46. The number of hydrogen-bond acceptors (Lipinski definition) is 5. The lowest BCUT2D eigenvalue weighted by Gasteiger charge is -2.29. The number of methoxy groups -OCH3 is 1. The number of amides is 2. The van der Waals surface area contributed by atoms with Crippen LogP contribution in [0.1, 0.15) is 12.0 Å². The monoisotopic (exact) mass is 438 g/mol. The highest BCUT2D eigenvalue weighted by Crippen LogP contribution is 2.62. The van der Waals surface area contributed by atoms with Crippen molar-refractivity contribution in [2.24, 2.45) is 34.7 Å². The number of imide groups is 1. The lowest BCUT2D eigenvalue weighted by Crippen LogP contribution is -2.41. The van der Waals surface area contributed by atoms with Crippen molar-refractivity contribution < 1.29 is 19.2 Å². The molecule has 0 N–H and O–H groups in total. The van der Waals surface area contributed by atoms with E-state index in [0.717, 1.165) is 34.2 Å². The molecule has 2 bridgehead atoms. The van der Waals surface area contributed by atoms with E-state index in [1.54, 1.807) is 7.11 Å². The van der Waals surface area contributed by atoms with E-state index in [-0.39, 0.29) is 47.5 Å². The Balaban J connectivity index is 1.23. The van der Waals surface area contributed by atoms with Crippen molar-refractivity contribution in [1.29, 1.82) is 0 Å². The molecule has 1 saturated heterocycles. The van der Waals surface area contributed by atoms with E-state index in [4.69, 9.17) is 9.57 Å². The van der Waals surface area contributed by atoms with E-state index in [0.29, 0.717) is 5.69 Å². The minimum absolute atomic E-state index is 0.0198. The zero-order valence-corrected chi connectivity index (χ0v) is 18.0. The quantitative estimate of drug-likeness (QED) is 0.579. The van der Waals surface area contributed by atoms with Crippen molar-refractivity contribution >= 4 is 34.0 Å². The topological polar surface area (TPSA) is 68.2 Å². The summed E-state index contributed by atoms with van der Waals surface area (Å²) >= 11 is 0. The summed E-state index contributed by atoms with van der Waals surface area (Å²) in [6, 6.07) is 21.6. The molecule has 0 aromatic heterocycles. The predicted molar refractivity (Wildman–Crippen MR) is 123 cm³/mol. The van der Waals surface area contributed by atoms with Gasteiger partial charge in [0.05, 0.1) is 30.3 Å². The van der Waals surface area contributed by atoms with Crippen molar-refractivity contribution in [2.75, 3.05) is 12.0 Å². The summed E-state index contributed by atoms with van der Waals surface area (Å²) in [5.41, 5.74) is 2.53. The van der Waals surface area contributed by atoms with Gasteiger partial charge in [-0.3, -0.25) is 14.5 Å². The van der Waals surface area contributed by atoms with Crippen LogP contribution in [0.2, 0.25) is 0 Å². The number of nitrogens with zero attached hydrogens (tertiary/aromatic N) is 2. The number of fused-ring (bicyclic) bond motifs is 9. The molecule has 4 aliphatic rings. The molecule has 2 aliphatic carbocycles. The van der Waals surface area contributed by atoms with E-state index in [1.165, 1.54) is 4.90 Å². The van der Waals surface area contributed by atoms with Crippen molar-refractivity contribution in [3.05, 3.63) is 72.3 Å². The molecule has 0 spiro atoms. The van der Waals surface area contributed by atoms with Gasteiger partial charge in [0, 0.05) is 17.4 Å². The van der Waals surface area contributed by atoms with Crippen LogP contribution < -0.4 is 9.64 Å². The maximum atomic E-state index is 13.6. The van der Waals surface area contributed by atoms with Gasteiger partial charge in [0.25, 0.3) is 0 Å². The molecule has 3 aromatic rings. The molecule has 6 heteroatoms. The third kappa shape index (κ3) is 2.46. The largest absolute Gasteiger partial charge is 0.497 e. The van der Waals surface area contributed by atoms with Gasteiger partial charge in [0.15, 0.2) is 0 Å². The minimum Gasteiger partial charge on any atom is -0.497 e. The van der Waals surface area contributed by atoms with Crippen LogP contribution in [0.25, 0.3) is 10.8 Å². The zero-order chi connectivity index (χ0) is 22.3. The molecular weight excluding hydrogens is 416 g/mol. The maximum absolute atomic E-state index is 13.6. The highest BCUT2D eigenvalue weighted by atomic mass is 16.6. The first-order valence-electron chi connectivity index (χ1n) is 11.4. The third-order valence-corrected chi connectivity index (χ3v) is 8.07. The van der Waals surface area contributed by atoms with Crippen LogP contribution in [-0.4, -0.2) is 30.7 Å². The van der Waals surface area contributed by atoms with Crippen LogP contribution in [0.3, 0.4) is 0 Å². The van der Waals surface area contributed by atoms with Gasteiger partial charge < -0.3 is 9.57 Å². The molecule has 0 unspecified atom stereocenters. The summed E-state index contributed by atoms with van der Waals surface area (Å²) in [6.45, 7) is 0. The number of carbonyl (C=O) groups is 2. The number of oxime groups is 1. The van der Waals surface area contributed by atoms with Gasteiger partial charge in [-0.2, -0.15) is 0 Å². The second-order valence-electron chi connectivity index (χ2n) is 9.46. The van der Waals surface area contributed by atoms with E-state index < -0.39 is 0 Å². The molecule has 0 radical (unpaired) electrons. The average Bonchev–Trinajstić information content (AvgIpc) is 3.59. The Bertz CT molecular complexity index is 1350. The fraction of sp³-hybridized carbons (Fsp3) is 0.296. The van der Waals surface area contributed by atoms with Crippen LogP contribution in [0.4, 0.5) is 5.69 Å². The normalized spacial score (nSPS) is 31.5. The van der Waals surface area contributed by atoms with E-state index in [9.17, 15) is 9.59 Å². The van der Waals surface area contributed by atoms with Gasteiger partial charge in [0.2, 0.25) is 11.8 Å². The number of benzene rings is 3. The summed E-state index contributed by atoms with van der Waals surface area (Å²) in [4.78, 5) is 34.5. The average molecular weight is 438 g/mol. The van der Waals surface area contributed by atoms with Crippen molar-refractivity contribution in [3.8, 4) is 5.75 Å². The van der Waals surface area contributed by atoms with Crippen LogP contribution in [0.15, 0.2) is 71.9 Å². The Kier molecular flexibility index (Phi) is 3.81. The first-order valence-corrected chi connectivity index (χ1v) is 11.4. The fourth-order valence-corrected chi connectivity index (χ4v) is 6.70. The van der Waals surface area contributed by atoms with Gasteiger partial charge >= 0.3 is 0 Å². The molecule has 3 aromatic carbocycles. The van der Waals surface area contributed by atoms with Gasteiger partial charge in [-0.05, 0) is 59.5 Å². The van der Waals surface area contributed by atoms with Crippen LogP contribution >= 0.6 is 0 Å². The lowest BCUT2D eigenvalue weighted by atomic mass is 9.71. The van der Waals surface area contributed by atoms with Crippen molar-refractivity contribution in [3.63, 3.8) is 0 Å². The number of hydrogen-bond donors (Lipinski definition) is 0. The Morgan fingerprint density at radius 2 is 1.61 bits per heavy atom. The lowest BCUT2D eigenvalue weighted by molar-refractivity contribution is -0.125. The SMILES string of the molecule is COc1ccc(C2=NO[C@H]3[C@H]4C[C@@H]([C@@H]23)[C@H]2C(=O)N(c3ccc5ccccc5c3)C(=O)[C@@H]42)cc1. The van der Waals surface area contributed by atoms with E-state index in [1.807, 2.05) is 66.7 Å². The Morgan fingerprint density at radius 1 is 0.879 bits per heavy atom. The fourth-order valence-electron chi connectivity index (χ4n) is 6.70. The number of carbonyl (C=O) groups excluding carboxylic acids is 2. The molecule has 7 rings (SSSR count). The predicted octanol–water partition coefficient (Wildman–Crippen LogP) is 4.02. The molecular formula is C27H22N2O4. The Morgan fingerprint density at radius 3 is 2.36 bits per heavy atom. The maximum Gasteiger partial charge on any atom is 0.238 e. The molecule has 6 nitrogen and oxygen atoms in total. The van der Waals surface area contributed by atoms with Crippen LogP contribution in [-0.2, 0) is 14.4 Å². The highest BCUT2D eigenvalue weighted by Gasteiger charge is 2.70. The molecule has 2 amide bonds. The summed E-state index contributed by atoms with van der Waals surface area (Å²) in [5.74, 6) is 0.117. The first-order chi connectivity index (χ1) is 16.2. The van der Waals surface area contributed by atoms with Gasteiger partial charge in [-0.25, -0.2) is 0 Å². The van der Waals surface area contributed by atoms with Gasteiger partial charge in [-0.1, -0.05) is 35.5 Å². The van der Waals surface area contributed by atoms with Gasteiger partial charge in [-0.15, -0.1) is 0 Å². The summed E-state index contributed by atoms with van der Waals surface area (Å²) < 4.78 is 5.27. The molecule has 2 aliphatic heterocycles. The minimum atomic E-state index is -0.319.